The molecule has 6 heteroatoms. The molecule has 2 aromatic heterocycles. The lowest BCUT2D eigenvalue weighted by Crippen LogP contribution is -2.14. The fourth-order valence-electron chi connectivity index (χ4n) is 1.11. The van der Waals surface area contributed by atoms with E-state index in [1.165, 1.54) is 0 Å². The molecule has 3 N–H and O–H groups in total. The predicted octanol–water partition coefficient (Wildman–Crippen LogP) is 0.971. The highest BCUT2D eigenvalue weighted by molar-refractivity contribution is 7.07. The number of rotatable bonds is 4. The van der Waals surface area contributed by atoms with Crippen LogP contribution in [0.4, 0.5) is 5.95 Å². The zero-order valence-electron chi connectivity index (χ0n) is 8.05. The minimum atomic E-state index is 0.560. The molecule has 0 unspecified atom stereocenters. The Morgan fingerprint density at radius 1 is 1.33 bits per heavy atom. The molecule has 15 heavy (non-hydrogen) atoms. The molecule has 0 aliphatic rings. The van der Waals surface area contributed by atoms with Crippen molar-refractivity contribution in [3.8, 4) is 11.4 Å². The van der Waals surface area contributed by atoms with Gasteiger partial charge in [0.05, 0.1) is 16.9 Å². The molecule has 2 rings (SSSR count). The van der Waals surface area contributed by atoms with Crippen LogP contribution in [0.5, 0.6) is 0 Å². The van der Waals surface area contributed by atoms with Crippen molar-refractivity contribution in [1.29, 1.82) is 0 Å². The summed E-state index contributed by atoms with van der Waals surface area (Å²) < 4.78 is 0. The highest BCUT2D eigenvalue weighted by Crippen LogP contribution is 2.16. The summed E-state index contributed by atoms with van der Waals surface area (Å²) in [6.45, 7) is 1.23. The fraction of sp³-hybridized carbons (Fsp3) is 0.222. The van der Waals surface area contributed by atoms with Gasteiger partial charge >= 0.3 is 0 Å². The van der Waals surface area contributed by atoms with E-state index < -0.39 is 0 Å². The van der Waals surface area contributed by atoms with Crippen LogP contribution < -0.4 is 11.1 Å². The second-order valence-corrected chi connectivity index (χ2v) is 3.57. The van der Waals surface area contributed by atoms with Gasteiger partial charge in [0.1, 0.15) is 0 Å². The summed E-state index contributed by atoms with van der Waals surface area (Å²) in [5.74, 6) is 0.589. The average molecular weight is 221 g/mol. The van der Waals surface area contributed by atoms with E-state index in [0.29, 0.717) is 19.0 Å². The van der Waals surface area contributed by atoms with Crippen LogP contribution in [0.25, 0.3) is 11.4 Å². The van der Waals surface area contributed by atoms with Gasteiger partial charge in [-0.2, -0.15) is 0 Å². The normalized spacial score (nSPS) is 10.2. The van der Waals surface area contributed by atoms with Crippen molar-refractivity contribution in [2.75, 3.05) is 18.4 Å². The van der Waals surface area contributed by atoms with Gasteiger partial charge in [-0.1, -0.05) is 0 Å². The molecule has 0 aliphatic heterocycles. The number of aromatic nitrogens is 3. The molecular weight excluding hydrogens is 210 g/mol. The molecule has 0 spiro atoms. The minimum absolute atomic E-state index is 0.560. The van der Waals surface area contributed by atoms with E-state index in [2.05, 4.69) is 20.3 Å². The van der Waals surface area contributed by atoms with Crippen LogP contribution in [0.3, 0.4) is 0 Å². The van der Waals surface area contributed by atoms with Crippen molar-refractivity contribution in [1.82, 2.24) is 15.0 Å². The first kappa shape index (κ1) is 10.0. The Labute approximate surface area is 91.4 Å². The largest absolute Gasteiger partial charge is 0.353 e. The lowest BCUT2D eigenvalue weighted by atomic mass is 10.3. The molecule has 2 heterocycles. The molecule has 0 bridgehead atoms. The smallest absolute Gasteiger partial charge is 0.223 e. The van der Waals surface area contributed by atoms with Crippen LogP contribution in [0.1, 0.15) is 0 Å². The molecule has 2 aromatic rings. The van der Waals surface area contributed by atoms with Crippen molar-refractivity contribution in [2.45, 2.75) is 0 Å². The van der Waals surface area contributed by atoms with Gasteiger partial charge in [0, 0.05) is 24.7 Å². The first-order valence-corrected chi connectivity index (χ1v) is 5.50. The van der Waals surface area contributed by atoms with Gasteiger partial charge in [-0.3, -0.25) is 0 Å². The molecule has 0 radical (unpaired) electrons. The van der Waals surface area contributed by atoms with Crippen molar-refractivity contribution in [3.05, 3.63) is 23.2 Å². The Kier molecular flexibility index (Phi) is 3.21. The van der Waals surface area contributed by atoms with Crippen LogP contribution in [0.2, 0.25) is 0 Å². The number of nitrogens with zero attached hydrogens (tertiary/aromatic N) is 3. The van der Waals surface area contributed by atoms with Gasteiger partial charge in [-0.25, -0.2) is 15.0 Å². The standard InChI is InChI=1S/C9H11N5S/c10-2-4-12-9-11-3-1-7(14-9)8-5-15-6-13-8/h1,3,5-6H,2,4,10H2,(H,11,12,14). The van der Waals surface area contributed by atoms with Gasteiger partial charge in [0.2, 0.25) is 5.95 Å². The van der Waals surface area contributed by atoms with E-state index in [1.54, 1.807) is 23.0 Å². The molecule has 0 aliphatic carbocycles. The predicted molar refractivity (Wildman–Crippen MR) is 60.7 cm³/mol. The van der Waals surface area contributed by atoms with Gasteiger partial charge in [0.15, 0.2) is 0 Å². The topological polar surface area (TPSA) is 76.7 Å². The van der Waals surface area contributed by atoms with E-state index in [9.17, 15) is 0 Å². The molecule has 0 saturated carbocycles. The Morgan fingerprint density at radius 3 is 3.00 bits per heavy atom. The van der Waals surface area contributed by atoms with Crippen molar-refractivity contribution in [3.63, 3.8) is 0 Å². The maximum absolute atomic E-state index is 5.38. The summed E-state index contributed by atoms with van der Waals surface area (Å²) in [4.78, 5) is 12.6. The summed E-state index contributed by atoms with van der Waals surface area (Å²) in [6.07, 6.45) is 1.71. The van der Waals surface area contributed by atoms with Crippen molar-refractivity contribution in [2.24, 2.45) is 5.73 Å². The highest BCUT2D eigenvalue weighted by atomic mass is 32.1. The third-order valence-corrected chi connectivity index (χ3v) is 2.36. The van der Waals surface area contributed by atoms with Crippen molar-refractivity contribution >= 4 is 17.3 Å². The third-order valence-electron chi connectivity index (χ3n) is 1.78. The Hall–Kier alpha value is -1.53. The molecule has 0 saturated heterocycles. The summed E-state index contributed by atoms with van der Waals surface area (Å²) in [5.41, 5.74) is 8.86. The maximum atomic E-state index is 5.38. The molecule has 78 valence electrons. The number of nitrogens with one attached hydrogen (secondary N) is 1. The third kappa shape index (κ3) is 2.48. The lowest BCUT2D eigenvalue weighted by molar-refractivity contribution is 0.989. The number of nitrogens with two attached hydrogens (primary N) is 1. The fourth-order valence-corrected chi connectivity index (χ4v) is 1.66. The Balaban J connectivity index is 2.19. The first-order chi connectivity index (χ1) is 7.40. The second kappa shape index (κ2) is 4.81. The number of hydrogen-bond donors (Lipinski definition) is 2. The van der Waals surface area contributed by atoms with Gasteiger partial charge < -0.3 is 11.1 Å². The minimum Gasteiger partial charge on any atom is -0.353 e. The summed E-state index contributed by atoms with van der Waals surface area (Å²) >= 11 is 1.55. The van der Waals surface area contributed by atoms with E-state index in [-0.39, 0.29) is 0 Å². The molecule has 0 amide bonds. The van der Waals surface area contributed by atoms with Crippen LogP contribution in [-0.2, 0) is 0 Å². The van der Waals surface area contributed by atoms with Crippen LogP contribution >= 0.6 is 11.3 Å². The second-order valence-electron chi connectivity index (χ2n) is 2.85. The van der Waals surface area contributed by atoms with Crippen LogP contribution in [-0.4, -0.2) is 28.0 Å². The number of thiazole rings is 1. The zero-order chi connectivity index (χ0) is 10.5. The molecule has 0 atom stereocenters. The van der Waals surface area contributed by atoms with E-state index in [1.807, 2.05) is 11.4 Å². The summed E-state index contributed by atoms with van der Waals surface area (Å²) in [7, 11) is 0. The SMILES string of the molecule is NCCNc1nccc(-c2cscn2)n1. The molecule has 0 fully saturated rings. The number of hydrogen-bond acceptors (Lipinski definition) is 6. The van der Waals surface area contributed by atoms with Gasteiger partial charge in [0.25, 0.3) is 0 Å². The quantitative estimate of drug-likeness (QED) is 0.804. The summed E-state index contributed by atoms with van der Waals surface area (Å²) in [5, 5.41) is 4.98. The maximum Gasteiger partial charge on any atom is 0.223 e. The molecular formula is C9H11N5S. The molecule has 5 nitrogen and oxygen atoms in total. The van der Waals surface area contributed by atoms with E-state index in [4.69, 9.17) is 5.73 Å². The van der Waals surface area contributed by atoms with Crippen LogP contribution in [0.15, 0.2) is 23.2 Å². The van der Waals surface area contributed by atoms with Crippen molar-refractivity contribution < 1.29 is 0 Å². The first-order valence-electron chi connectivity index (χ1n) is 4.55. The molecule has 0 aromatic carbocycles. The average Bonchev–Trinajstić information content (AvgIpc) is 2.80. The highest BCUT2D eigenvalue weighted by Gasteiger charge is 2.02. The van der Waals surface area contributed by atoms with E-state index in [0.717, 1.165) is 11.4 Å². The Bertz CT molecular complexity index is 414. The monoisotopic (exact) mass is 221 g/mol. The summed E-state index contributed by atoms with van der Waals surface area (Å²) in [6, 6.07) is 1.84. The zero-order valence-corrected chi connectivity index (χ0v) is 8.87. The van der Waals surface area contributed by atoms with Crippen LogP contribution in [0, 0.1) is 0 Å². The lowest BCUT2D eigenvalue weighted by Gasteiger charge is -2.03. The van der Waals surface area contributed by atoms with E-state index >= 15 is 0 Å². The number of anilines is 1. The van der Waals surface area contributed by atoms with Gasteiger partial charge in [-0.15, -0.1) is 11.3 Å². The Morgan fingerprint density at radius 2 is 2.27 bits per heavy atom. The van der Waals surface area contributed by atoms with Gasteiger partial charge in [-0.05, 0) is 6.07 Å².